The molecule has 0 heterocycles. The van der Waals surface area contributed by atoms with E-state index in [0.29, 0.717) is 6.42 Å². The summed E-state index contributed by atoms with van der Waals surface area (Å²) in [7, 11) is 0. The molecule has 0 bridgehead atoms. The van der Waals surface area contributed by atoms with E-state index in [0.717, 1.165) is 26.1 Å². The highest BCUT2D eigenvalue weighted by Gasteiger charge is 2.05. The van der Waals surface area contributed by atoms with E-state index in [1.54, 1.807) is 0 Å². The van der Waals surface area contributed by atoms with Gasteiger partial charge >= 0.3 is 0 Å². The third kappa shape index (κ3) is 4.75. The van der Waals surface area contributed by atoms with Crippen LogP contribution in [0.15, 0.2) is 29.4 Å². The van der Waals surface area contributed by atoms with Crippen molar-refractivity contribution in [1.82, 2.24) is 4.90 Å². The fraction of sp³-hybridized carbons (Fsp3) is 0.500. The third-order valence-corrected chi connectivity index (χ3v) is 3.10. The maximum atomic E-state index is 8.51. The zero-order valence-corrected chi connectivity index (χ0v) is 11.3. The lowest BCUT2D eigenvalue weighted by atomic mass is 10.1. The number of rotatable bonds is 7. The Bertz CT molecular complexity index is 373. The lowest BCUT2D eigenvalue weighted by Gasteiger charge is -2.20. The topological polar surface area (TPSA) is 61.8 Å². The quantitative estimate of drug-likeness (QED) is 0.337. The van der Waals surface area contributed by atoms with Crippen molar-refractivity contribution in [1.29, 1.82) is 0 Å². The fourth-order valence-electron chi connectivity index (χ4n) is 1.81. The number of oxime groups is 1. The van der Waals surface area contributed by atoms with Crippen LogP contribution in [0.1, 0.15) is 31.4 Å². The van der Waals surface area contributed by atoms with Crippen LogP contribution < -0.4 is 5.73 Å². The number of hydrogen-bond acceptors (Lipinski definition) is 3. The van der Waals surface area contributed by atoms with Crippen molar-refractivity contribution in [2.75, 3.05) is 13.1 Å². The number of amidine groups is 1. The average molecular weight is 249 g/mol. The molecule has 0 aliphatic carbocycles. The zero-order chi connectivity index (χ0) is 13.4. The molecule has 0 amide bonds. The molecule has 4 heteroatoms. The van der Waals surface area contributed by atoms with Gasteiger partial charge in [-0.25, -0.2) is 0 Å². The van der Waals surface area contributed by atoms with E-state index in [-0.39, 0.29) is 5.84 Å². The summed E-state index contributed by atoms with van der Waals surface area (Å²) in [4.78, 5) is 2.28. The Morgan fingerprint density at radius 3 is 2.33 bits per heavy atom. The summed E-state index contributed by atoms with van der Waals surface area (Å²) in [6.07, 6.45) is 1.67. The Labute approximate surface area is 109 Å². The second-order valence-corrected chi connectivity index (χ2v) is 4.38. The molecule has 0 aromatic heterocycles. The van der Waals surface area contributed by atoms with Gasteiger partial charge in [-0.1, -0.05) is 43.3 Å². The monoisotopic (exact) mass is 249 g/mol. The predicted octanol–water partition coefficient (Wildman–Crippen LogP) is 2.21. The van der Waals surface area contributed by atoms with Crippen LogP contribution in [0, 0.1) is 0 Å². The SMILES string of the molecule is CCc1ccc(CN(CC)CCC(N)=NO)cc1. The van der Waals surface area contributed by atoms with E-state index in [2.05, 4.69) is 48.2 Å². The molecule has 0 saturated heterocycles. The molecule has 1 rings (SSSR count). The van der Waals surface area contributed by atoms with Crippen LogP contribution in [0.2, 0.25) is 0 Å². The molecule has 4 nitrogen and oxygen atoms in total. The van der Waals surface area contributed by atoms with Crippen LogP contribution in [0.25, 0.3) is 0 Å². The van der Waals surface area contributed by atoms with Crippen molar-refractivity contribution >= 4 is 5.84 Å². The van der Waals surface area contributed by atoms with Gasteiger partial charge in [0.15, 0.2) is 0 Å². The molecule has 18 heavy (non-hydrogen) atoms. The molecule has 0 unspecified atom stereocenters. The molecule has 0 atom stereocenters. The van der Waals surface area contributed by atoms with Gasteiger partial charge in [0, 0.05) is 19.5 Å². The Morgan fingerprint density at radius 2 is 1.83 bits per heavy atom. The minimum atomic E-state index is 0.287. The van der Waals surface area contributed by atoms with Gasteiger partial charge in [0.05, 0.1) is 0 Å². The van der Waals surface area contributed by atoms with E-state index in [9.17, 15) is 0 Å². The zero-order valence-electron chi connectivity index (χ0n) is 11.3. The van der Waals surface area contributed by atoms with E-state index in [1.807, 2.05) is 0 Å². The normalized spacial score (nSPS) is 12.1. The summed E-state index contributed by atoms with van der Waals surface area (Å²) in [5.41, 5.74) is 8.14. The highest BCUT2D eigenvalue weighted by Crippen LogP contribution is 2.08. The lowest BCUT2D eigenvalue weighted by Crippen LogP contribution is -2.27. The summed E-state index contributed by atoms with van der Waals surface area (Å²) < 4.78 is 0. The Hall–Kier alpha value is -1.55. The third-order valence-electron chi connectivity index (χ3n) is 3.10. The van der Waals surface area contributed by atoms with E-state index < -0.39 is 0 Å². The van der Waals surface area contributed by atoms with Gasteiger partial charge in [0.25, 0.3) is 0 Å². The van der Waals surface area contributed by atoms with Gasteiger partial charge in [-0.05, 0) is 24.1 Å². The van der Waals surface area contributed by atoms with Crippen LogP contribution in [0.4, 0.5) is 0 Å². The smallest absolute Gasteiger partial charge is 0.140 e. The highest BCUT2D eigenvalue weighted by atomic mass is 16.4. The van der Waals surface area contributed by atoms with Crippen LogP contribution in [-0.4, -0.2) is 29.0 Å². The first-order valence-corrected chi connectivity index (χ1v) is 6.46. The van der Waals surface area contributed by atoms with Gasteiger partial charge in [-0.3, -0.25) is 4.90 Å². The van der Waals surface area contributed by atoms with Crippen molar-refractivity contribution in [3.63, 3.8) is 0 Å². The summed E-state index contributed by atoms with van der Waals surface area (Å²) in [6.45, 7) is 6.94. The van der Waals surface area contributed by atoms with Gasteiger partial charge in [0.2, 0.25) is 0 Å². The summed E-state index contributed by atoms with van der Waals surface area (Å²) in [6, 6.07) is 8.69. The maximum absolute atomic E-state index is 8.51. The van der Waals surface area contributed by atoms with Crippen molar-refractivity contribution in [2.45, 2.75) is 33.2 Å². The minimum absolute atomic E-state index is 0.287. The number of hydrogen-bond donors (Lipinski definition) is 2. The first kappa shape index (κ1) is 14.5. The minimum Gasteiger partial charge on any atom is -0.409 e. The van der Waals surface area contributed by atoms with Gasteiger partial charge in [-0.2, -0.15) is 0 Å². The van der Waals surface area contributed by atoms with Crippen molar-refractivity contribution in [3.8, 4) is 0 Å². The fourth-order valence-corrected chi connectivity index (χ4v) is 1.81. The molecule has 0 radical (unpaired) electrons. The molecule has 1 aromatic carbocycles. The molecule has 0 saturated carbocycles. The van der Waals surface area contributed by atoms with E-state index >= 15 is 0 Å². The van der Waals surface area contributed by atoms with E-state index in [1.165, 1.54) is 11.1 Å². The molecule has 100 valence electrons. The number of aryl methyl sites for hydroxylation is 1. The van der Waals surface area contributed by atoms with E-state index in [4.69, 9.17) is 10.9 Å². The van der Waals surface area contributed by atoms with Crippen molar-refractivity contribution in [3.05, 3.63) is 35.4 Å². The van der Waals surface area contributed by atoms with Gasteiger partial charge in [0.1, 0.15) is 5.84 Å². The van der Waals surface area contributed by atoms with Gasteiger partial charge in [-0.15, -0.1) is 0 Å². The standard InChI is InChI=1S/C14H23N3O/c1-3-12-5-7-13(8-6-12)11-17(4-2)10-9-14(15)16-18/h5-8,18H,3-4,9-11H2,1-2H3,(H2,15,16). The Morgan fingerprint density at radius 1 is 1.22 bits per heavy atom. The first-order chi connectivity index (χ1) is 8.69. The van der Waals surface area contributed by atoms with Crippen LogP contribution in [0.5, 0.6) is 0 Å². The lowest BCUT2D eigenvalue weighted by molar-refractivity contribution is 0.283. The number of nitrogens with two attached hydrogens (primary N) is 1. The van der Waals surface area contributed by atoms with Crippen LogP contribution in [-0.2, 0) is 13.0 Å². The largest absolute Gasteiger partial charge is 0.409 e. The van der Waals surface area contributed by atoms with Crippen LogP contribution in [0.3, 0.4) is 0 Å². The van der Waals surface area contributed by atoms with Gasteiger partial charge < -0.3 is 10.9 Å². The maximum Gasteiger partial charge on any atom is 0.140 e. The average Bonchev–Trinajstić information content (AvgIpc) is 2.43. The molecular weight excluding hydrogens is 226 g/mol. The molecule has 0 fully saturated rings. The second-order valence-electron chi connectivity index (χ2n) is 4.38. The highest BCUT2D eigenvalue weighted by molar-refractivity contribution is 5.79. The molecule has 0 spiro atoms. The van der Waals surface area contributed by atoms with Crippen molar-refractivity contribution in [2.24, 2.45) is 10.9 Å². The predicted molar refractivity (Wildman–Crippen MR) is 74.8 cm³/mol. The molecular formula is C14H23N3O. The number of benzene rings is 1. The van der Waals surface area contributed by atoms with Crippen molar-refractivity contribution < 1.29 is 5.21 Å². The summed E-state index contributed by atoms with van der Waals surface area (Å²) in [5, 5.41) is 11.5. The second kappa shape index (κ2) is 7.71. The summed E-state index contributed by atoms with van der Waals surface area (Å²) in [5.74, 6) is 0.287. The molecule has 1 aromatic rings. The number of nitrogens with zero attached hydrogens (tertiary/aromatic N) is 2. The summed E-state index contributed by atoms with van der Waals surface area (Å²) >= 11 is 0. The Kier molecular flexibility index (Phi) is 6.22. The molecule has 3 N–H and O–H groups in total. The first-order valence-electron chi connectivity index (χ1n) is 6.46. The molecule has 0 aliphatic heterocycles. The van der Waals surface area contributed by atoms with Crippen LogP contribution >= 0.6 is 0 Å². The molecule has 0 aliphatic rings. The Balaban J connectivity index is 2.51.